The summed E-state index contributed by atoms with van der Waals surface area (Å²) in [5.41, 5.74) is 1.28. The third-order valence-electron chi connectivity index (χ3n) is 2.65. The largest absolute Gasteiger partial charge is 0.328 e. The Balaban J connectivity index is 2.69. The Morgan fingerprint density at radius 3 is 3.06 bits per heavy atom. The van der Waals surface area contributed by atoms with E-state index in [1.54, 1.807) is 6.07 Å². The van der Waals surface area contributed by atoms with Gasteiger partial charge in [-0.3, -0.25) is 0 Å². The number of para-hydroxylation sites is 1. The Morgan fingerprint density at radius 1 is 1.62 bits per heavy atom. The lowest BCUT2D eigenvalue weighted by Crippen LogP contribution is -2.03. The number of rotatable bonds is 3. The normalized spacial score (nSPS) is 12.9. The van der Waals surface area contributed by atoms with Crippen LogP contribution in [0.1, 0.15) is 19.4 Å². The summed E-state index contributed by atoms with van der Waals surface area (Å²) in [6.07, 6.45) is 2.64. The number of fused-ring (bicyclic) bond motifs is 1. The van der Waals surface area contributed by atoms with Crippen LogP contribution in [0.2, 0.25) is 0 Å². The van der Waals surface area contributed by atoms with Gasteiger partial charge in [0.1, 0.15) is 11.3 Å². The Bertz CT molecular complexity index is 582. The van der Waals surface area contributed by atoms with Crippen LogP contribution in [0.4, 0.5) is 4.39 Å². The van der Waals surface area contributed by atoms with Gasteiger partial charge >= 0.3 is 0 Å². The summed E-state index contributed by atoms with van der Waals surface area (Å²) < 4.78 is 16.0. The van der Waals surface area contributed by atoms with E-state index in [2.05, 4.69) is 11.6 Å². The van der Waals surface area contributed by atoms with Gasteiger partial charge < -0.3 is 9.55 Å². The number of halogens is 1. The first kappa shape index (κ1) is 11.1. The number of aromatic amines is 1. The Kier molecular flexibility index (Phi) is 2.92. The van der Waals surface area contributed by atoms with E-state index in [4.69, 9.17) is 12.2 Å². The highest BCUT2D eigenvalue weighted by Gasteiger charge is 2.11. The minimum absolute atomic E-state index is 0.181. The predicted octanol–water partition coefficient (Wildman–Crippen LogP) is 3.98. The van der Waals surface area contributed by atoms with Crippen molar-refractivity contribution in [2.24, 2.45) is 0 Å². The summed E-state index contributed by atoms with van der Waals surface area (Å²) >= 11 is 5.21. The molecule has 0 radical (unpaired) electrons. The SMILES string of the molecule is C=CCC(C)n1c(=S)[nH]c2c(F)cccc21. The smallest absolute Gasteiger partial charge is 0.178 e. The fourth-order valence-corrected chi connectivity index (χ4v) is 2.28. The van der Waals surface area contributed by atoms with Crippen LogP contribution in [0.25, 0.3) is 11.0 Å². The number of aromatic nitrogens is 2. The first-order chi connectivity index (χ1) is 7.65. The van der Waals surface area contributed by atoms with E-state index in [9.17, 15) is 4.39 Å². The van der Waals surface area contributed by atoms with E-state index >= 15 is 0 Å². The van der Waals surface area contributed by atoms with Gasteiger partial charge in [-0.05, 0) is 37.7 Å². The number of hydrogen-bond donors (Lipinski definition) is 1. The van der Waals surface area contributed by atoms with Gasteiger partial charge in [0, 0.05) is 6.04 Å². The highest BCUT2D eigenvalue weighted by molar-refractivity contribution is 7.71. The molecule has 0 aliphatic carbocycles. The highest BCUT2D eigenvalue weighted by Crippen LogP contribution is 2.22. The van der Waals surface area contributed by atoms with Gasteiger partial charge in [-0.25, -0.2) is 4.39 Å². The first-order valence-corrected chi connectivity index (χ1v) is 5.55. The van der Waals surface area contributed by atoms with Crippen LogP contribution in [0.15, 0.2) is 30.9 Å². The lowest BCUT2D eigenvalue weighted by atomic mass is 10.2. The molecule has 1 atom stereocenters. The van der Waals surface area contributed by atoms with Gasteiger partial charge in [-0.1, -0.05) is 12.1 Å². The number of hydrogen-bond acceptors (Lipinski definition) is 1. The Morgan fingerprint density at radius 2 is 2.38 bits per heavy atom. The van der Waals surface area contributed by atoms with Crippen molar-refractivity contribution in [1.82, 2.24) is 9.55 Å². The van der Waals surface area contributed by atoms with Gasteiger partial charge in [-0.2, -0.15) is 0 Å². The first-order valence-electron chi connectivity index (χ1n) is 5.14. The second-order valence-electron chi connectivity index (χ2n) is 3.81. The van der Waals surface area contributed by atoms with Crippen LogP contribution in [0.3, 0.4) is 0 Å². The minimum Gasteiger partial charge on any atom is -0.328 e. The molecule has 0 saturated carbocycles. The van der Waals surface area contributed by atoms with Crippen LogP contribution in [-0.2, 0) is 0 Å². The van der Waals surface area contributed by atoms with Crippen molar-refractivity contribution < 1.29 is 4.39 Å². The summed E-state index contributed by atoms with van der Waals surface area (Å²) in [7, 11) is 0. The molecule has 2 aromatic rings. The fourth-order valence-electron chi connectivity index (χ4n) is 1.90. The lowest BCUT2D eigenvalue weighted by molar-refractivity contribution is 0.563. The summed E-state index contributed by atoms with van der Waals surface area (Å²) in [6, 6.07) is 5.17. The van der Waals surface area contributed by atoms with Crippen LogP contribution >= 0.6 is 12.2 Å². The third-order valence-corrected chi connectivity index (χ3v) is 2.95. The molecule has 0 amide bonds. The van der Waals surface area contributed by atoms with Crippen molar-refractivity contribution in [2.75, 3.05) is 0 Å². The van der Waals surface area contributed by atoms with Crippen LogP contribution in [0, 0.1) is 10.6 Å². The molecule has 4 heteroatoms. The molecule has 1 N–H and O–H groups in total. The summed E-state index contributed by atoms with van der Waals surface area (Å²) in [5, 5.41) is 0. The maximum Gasteiger partial charge on any atom is 0.178 e. The maximum absolute atomic E-state index is 13.5. The standard InChI is InChI=1S/C12H13FN2S/c1-3-5-8(2)15-10-7-4-6-9(13)11(10)14-12(15)16/h3-4,6-8H,1,5H2,2H3,(H,14,16). The van der Waals surface area contributed by atoms with Crippen LogP contribution < -0.4 is 0 Å². The fraction of sp³-hybridized carbons (Fsp3) is 0.250. The van der Waals surface area contributed by atoms with Crippen molar-refractivity contribution in [3.63, 3.8) is 0 Å². The number of imidazole rings is 1. The molecular formula is C12H13FN2S. The van der Waals surface area contributed by atoms with Gasteiger partial charge in [0.05, 0.1) is 5.52 Å². The number of nitrogens with zero attached hydrogens (tertiary/aromatic N) is 1. The quantitative estimate of drug-likeness (QED) is 0.631. The van der Waals surface area contributed by atoms with E-state index in [0.717, 1.165) is 11.9 Å². The van der Waals surface area contributed by atoms with E-state index in [1.807, 2.05) is 23.6 Å². The van der Waals surface area contributed by atoms with E-state index < -0.39 is 0 Å². The van der Waals surface area contributed by atoms with E-state index in [-0.39, 0.29) is 11.9 Å². The van der Waals surface area contributed by atoms with Gasteiger partial charge in [-0.15, -0.1) is 6.58 Å². The molecule has 1 aromatic heterocycles. The van der Waals surface area contributed by atoms with Crippen LogP contribution in [-0.4, -0.2) is 9.55 Å². The van der Waals surface area contributed by atoms with Crippen molar-refractivity contribution in [3.05, 3.63) is 41.4 Å². The molecule has 0 spiro atoms. The van der Waals surface area contributed by atoms with Crippen molar-refractivity contribution in [1.29, 1.82) is 0 Å². The Labute approximate surface area is 98.4 Å². The van der Waals surface area contributed by atoms with Gasteiger partial charge in [0.2, 0.25) is 0 Å². The zero-order valence-electron chi connectivity index (χ0n) is 9.03. The minimum atomic E-state index is -0.270. The molecule has 0 aliphatic heterocycles. The number of allylic oxidation sites excluding steroid dienone is 1. The number of benzene rings is 1. The van der Waals surface area contributed by atoms with Crippen molar-refractivity contribution >= 4 is 23.3 Å². The Hall–Kier alpha value is -1.42. The van der Waals surface area contributed by atoms with Crippen molar-refractivity contribution in [3.8, 4) is 0 Å². The molecule has 0 fully saturated rings. The molecule has 1 unspecified atom stereocenters. The molecule has 16 heavy (non-hydrogen) atoms. The van der Waals surface area contributed by atoms with Crippen LogP contribution in [0.5, 0.6) is 0 Å². The maximum atomic E-state index is 13.5. The predicted molar refractivity (Wildman–Crippen MR) is 66.6 cm³/mol. The zero-order chi connectivity index (χ0) is 11.7. The topological polar surface area (TPSA) is 20.7 Å². The van der Waals surface area contributed by atoms with Gasteiger partial charge in [0.25, 0.3) is 0 Å². The molecule has 1 aromatic carbocycles. The molecule has 0 aliphatic rings. The molecule has 0 bridgehead atoms. The summed E-state index contributed by atoms with van der Waals surface area (Å²) in [4.78, 5) is 2.90. The average molecular weight is 236 g/mol. The summed E-state index contributed by atoms with van der Waals surface area (Å²) in [6.45, 7) is 5.74. The molecule has 0 saturated heterocycles. The number of H-pyrrole nitrogens is 1. The molecule has 2 nitrogen and oxygen atoms in total. The van der Waals surface area contributed by atoms with E-state index in [0.29, 0.717) is 10.3 Å². The zero-order valence-corrected chi connectivity index (χ0v) is 9.85. The molecule has 2 rings (SSSR count). The summed E-state index contributed by atoms with van der Waals surface area (Å²) in [5.74, 6) is -0.270. The molecule has 1 heterocycles. The molecule has 84 valence electrons. The van der Waals surface area contributed by atoms with Gasteiger partial charge in [0.15, 0.2) is 4.77 Å². The highest BCUT2D eigenvalue weighted by atomic mass is 32.1. The second-order valence-corrected chi connectivity index (χ2v) is 4.19. The van der Waals surface area contributed by atoms with E-state index in [1.165, 1.54) is 6.07 Å². The second kappa shape index (κ2) is 4.22. The molecular weight excluding hydrogens is 223 g/mol. The lowest BCUT2D eigenvalue weighted by Gasteiger charge is -2.11. The third kappa shape index (κ3) is 1.69. The monoisotopic (exact) mass is 236 g/mol. The average Bonchev–Trinajstić information content (AvgIpc) is 2.56. The van der Waals surface area contributed by atoms with Crippen molar-refractivity contribution in [2.45, 2.75) is 19.4 Å². The number of nitrogens with one attached hydrogen (secondary N) is 1.